The van der Waals surface area contributed by atoms with Gasteiger partial charge in [0, 0.05) is 41.0 Å². The minimum absolute atomic E-state index is 0.0410. The number of rotatable bonds is 5. The van der Waals surface area contributed by atoms with Crippen LogP contribution in [0, 0.1) is 20.8 Å². The zero-order valence-corrected chi connectivity index (χ0v) is 16.4. The molecule has 2 N–H and O–H groups in total. The molecule has 3 heterocycles. The molecule has 1 unspecified atom stereocenters. The summed E-state index contributed by atoms with van der Waals surface area (Å²) in [5, 5.41) is 0. The number of nitrogens with zero attached hydrogens (tertiary/aromatic N) is 4. The summed E-state index contributed by atoms with van der Waals surface area (Å²) in [6, 6.07) is 0. The molecule has 2 aromatic heterocycles. The van der Waals surface area contributed by atoms with Gasteiger partial charge in [0.05, 0.1) is 32.9 Å². The Morgan fingerprint density at radius 3 is 2.70 bits per heavy atom. The predicted molar refractivity (Wildman–Crippen MR) is 102 cm³/mol. The quantitative estimate of drug-likeness (QED) is 0.797. The van der Waals surface area contributed by atoms with E-state index in [9.17, 15) is 4.79 Å². The zero-order valence-electron chi connectivity index (χ0n) is 16.4. The van der Waals surface area contributed by atoms with Crippen molar-refractivity contribution in [2.75, 3.05) is 31.4 Å². The second kappa shape index (κ2) is 7.38. The number of hydrogen-bond donors (Lipinski definition) is 1. The number of hydrogen-bond acceptors (Lipinski definition) is 8. The van der Waals surface area contributed by atoms with Crippen molar-refractivity contribution in [3.8, 4) is 5.75 Å². The van der Waals surface area contributed by atoms with Gasteiger partial charge >= 0.3 is 5.97 Å². The molecule has 0 spiro atoms. The number of carbonyl (C=O) groups excluding carboxylic acids is 1. The summed E-state index contributed by atoms with van der Waals surface area (Å²) >= 11 is 0. The largest absolute Gasteiger partial charge is 0.496 e. The first-order valence-corrected chi connectivity index (χ1v) is 8.80. The van der Waals surface area contributed by atoms with Crippen molar-refractivity contribution >= 4 is 17.7 Å². The van der Waals surface area contributed by atoms with E-state index in [0.29, 0.717) is 13.1 Å². The second-order valence-electron chi connectivity index (χ2n) is 6.81. The highest BCUT2D eigenvalue weighted by atomic mass is 16.5. The minimum Gasteiger partial charge on any atom is -0.496 e. The van der Waals surface area contributed by atoms with Crippen molar-refractivity contribution < 1.29 is 14.3 Å². The van der Waals surface area contributed by atoms with Crippen molar-refractivity contribution in [2.45, 2.75) is 39.7 Å². The standard InChI is InChI=1S/C19H25N5O3/c1-10-7-21-14(11(2)17(10)27-5)9-24-8-13(6-15(25)26-4)16-12(3)22-19(20)23-18(16)24/h7,13H,6,8-9H2,1-5H3,(H2,20,22,23). The fraction of sp³-hybridized carbons (Fsp3) is 0.474. The molecule has 8 heteroatoms. The van der Waals surface area contributed by atoms with E-state index in [2.05, 4.69) is 19.9 Å². The summed E-state index contributed by atoms with van der Waals surface area (Å²) in [5.41, 5.74) is 10.5. The van der Waals surface area contributed by atoms with Crippen LogP contribution in [0.25, 0.3) is 0 Å². The third kappa shape index (κ3) is 3.51. The molecule has 27 heavy (non-hydrogen) atoms. The highest BCUT2D eigenvalue weighted by Crippen LogP contribution is 2.40. The number of anilines is 2. The summed E-state index contributed by atoms with van der Waals surface area (Å²) in [6.07, 6.45) is 2.08. The lowest BCUT2D eigenvalue weighted by molar-refractivity contribution is -0.141. The van der Waals surface area contributed by atoms with Gasteiger partial charge in [-0.05, 0) is 20.8 Å². The summed E-state index contributed by atoms with van der Waals surface area (Å²) in [4.78, 5) is 27.3. The maximum absolute atomic E-state index is 11.9. The van der Waals surface area contributed by atoms with Gasteiger partial charge in [-0.1, -0.05) is 0 Å². The molecule has 8 nitrogen and oxygen atoms in total. The van der Waals surface area contributed by atoms with Gasteiger partial charge in [0.25, 0.3) is 0 Å². The Kier molecular flexibility index (Phi) is 5.16. The van der Waals surface area contributed by atoms with Gasteiger partial charge in [-0.2, -0.15) is 4.98 Å². The molecule has 0 fully saturated rings. The molecule has 0 bridgehead atoms. The van der Waals surface area contributed by atoms with Crippen molar-refractivity contribution in [1.82, 2.24) is 15.0 Å². The first kappa shape index (κ1) is 18.9. The summed E-state index contributed by atoms with van der Waals surface area (Å²) in [5.74, 6) is 1.52. The van der Waals surface area contributed by atoms with Crippen LogP contribution in [0.2, 0.25) is 0 Å². The Morgan fingerprint density at radius 2 is 2.04 bits per heavy atom. The maximum atomic E-state index is 11.9. The Labute approximate surface area is 158 Å². The fourth-order valence-electron chi connectivity index (χ4n) is 3.75. The van der Waals surface area contributed by atoms with Crippen LogP contribution in [0.5, 0.6) is 5.75 Å². The third-order valence-corrected chi connectivity index (χ3v) is 5.01. The van der Waals surface area contributed by atoms with Crippen LogP contribution >= 0.6 is 0 Å². The van der Waals surface area contributed by atoms with Crippen LogP contribution in [-0.4, -0.2) is 41.7 Å². The first-order chi connectivity index (χ1) is 12.8. The van der Waals surface area contributed by atoms with Gasteiger partial charge in [0.1, 0.15) is 11.6 Å². The monoisotopic (exact) mass is 371 g/mol. The molecule has 1 aliphatic rings. The number of methoxy groups -OCH3 is 2. The first-order valence-electron chi connectivity index (χ1n) is 8.80. The van der Waals surface area contributed by atoms with Crippen LogP contribution in [0.1, 0.15) is 40.4 Å². The van der Waals surface area contributed by atoms with Crippen molar-refractivity contribution in [3.63, 3.8) is 0 Å². The van der Waals surface area contributed by atoms with E-state index >= 15 is 0 Å². The van der Waals surface area contributed by atoms with Crippen LogP contribution in [0.3, 0.4) is 0 Å². The fourth-order valence-corrected chi connectivity index (χ4v) is 3.75. The van der Waals surface area contributed by atoms with E-state index in [4.69, 9.17) is 15.2 Å². The molecule has 1 aliphatic heterocycles. The van der Waals surface area contributed by atoms with E-state index in [1.807, 2.05) is 27.0 Å². The maximum Gasteiger partial charge on any atom is 0.306 e. The Morgan fingerprint density at radius 1 is 1.30 bits per heavy atom. The van der Waals surface area contributed by atoms with Crippen LogP contribution in [0.4, 0.5) is 11.8 Å². The zero-order chi connectivity index (χ0) is 19.7. The molecule has 0 saturated heterocycles. The second-order valence-corrected chi connectivity index (χ2v) is 6.81. The molecule has 0 aromatic carbocycles. The lowest BCUT2D eigenvalue weighted by Gasteiger charge is -2.21. The average Bonchev–Trinajstić information content (AvgIpc) is 2.95. The molecular weight excluding hydrogens is 346 g/mol. The number of aromatic nitrogens is 3. The van der Waals surface area contributed by atoms with Crippen LogP contribution < -0.4 is 15.4 Å². The van der Waals surface area contributed by atoms with Gasteiger partial charge < -0.3 is 20.1 Å². The molecule has 3 rings (SSSR count). The van der Waals surface area contributed by atoms with Crippen LogP contribution in [-0.2, 0) is 16.1 Å². The molecule has 1 atom stereocenters. The summed E-state index contributed by atoms with van der Waals surface area (Å²) in [6.45, 7) is 7.03. The molecule has 144 valence electrons. The molecule has 2 aromatic rings. The normalized spacial score (nSPS) is 15.6. The van der Waals surface area contributed by atoms with E-state index in [1.54, 1.807) is 7.11 Å². The summed E-state index contributed by atoms with van der Waals surface area (Å²) in [7, 11) is 3.06. The SMILES string of the molecule is COC(=O)CC1CN(Cc2ncc(C)c(OC)c2C)c2nc(N)nc(C)c21. The highest BCUT2D eigenvalue weighted by Gasteiger charge is 2.34. The number of esters is 1. The number of aryl methyl sites for hydroxylation is 2. The van der Waals surface area contributed by atoms with Gasteiger partial charge in [-0.3, -0.25) is 9.78 Å². The summed E-state index contributed by atoms with van der Waals surface area (Å²) < 4.78 is 10.4. The van der Waals surface area contributed by atoms with E-state index in [1.165, 1.54) is 7.11 Å². The highest BCUT2D eigenvalue weighted by molar-refractivity contribution is 5.72. The minimum atomic E-state index is -0.254. The van der Waals surface area contributed by atoms with Crippen molar-refractivity contribution in [2.24, 2.45) is 0 Å². The Balaban J connectivity index is 1.97. The lowest BCUT2D eigenvalue weighted by atomic mass is 9.98. The third-order valence-electron chi connectivity index (χ3n) is 5.01. The number of nitrogen functional groups attached to an aromatic ring is 1. The Bertz CT molecular complexity index is 884. The molecule has 0 amide bonds. The molecular formula is C19H25N5O3. The molecule has 0 saturated carbocycles. The van der Waals surface area contributed by atoms with E-state index in [-0.39, 0.29) is 24.3 Å². The topological polar surface area (TPSA) is 103 Å². The number of carbonyl (C=O) groups is 1. The van der Waals surface area contributed by atoms with Gasteiger partial charge in [0.15, 0.2) is 0 Å². The number of nitrogens with two attached hydrogens (primary N) is 1. The van der Waals surface area contributed by atoms with E-state index < -0.39 is 0 Å². The van der Waals surface area contributed by atoms with Crippen molar-refractivity contribution in [1.29, 1.82) is 0 Å². The van der Waals surface area contributed by atoms with Gasteiger partial charge in [0.2, 0.25) is 5.95 Å². The Hall–Kier alpha value is -2.90. The van der Waals surface area contributed by atoms with E-state index in [0.717, 1.165) is 39.6 Å². The lowest BCUT2D eigenvalue weighted by Crippen LogP contribution is -2.24. The van der Waals surface area contributed by atoms with Gasteiger partial charge in [-0.15, -0.1) is 0 Å². The number of ether oxygens (including phenoxy) is 2. The smallest absolute Gasteiger partial charge is 0.306 e. The van der Waals surface area contributed by atoms with Crippen LogP contribution in [0.15, 0.2) is 6.20 Å². The molecule has 0 aliphatic carbocycles. The number of pyridine rings is 1. The van der Waals surface area contributed by atoms with Gasteiger partial charge in [-0.25, -0.2) is 4.98 Å². The predicted octanol–water partition coefficient (Wildman–Crippen LogP) is 2.05. The molecule has 0 radical (unpaired) electrons. The average molecular weight is 371 g/mol. The van der Waals surface area contributed by atoms with Crippen molar-refractivity contribution in [3.05, 3.63) is 34.3 Å². The number of fused-ring (bicyclic) bond motifs is 1.